The largest absolute Gasteiger partial charge is 0.477 e. The van der Waals surface area contributed by atoms with Crippen LogP contribution in [-0.4, -0.2) is 17.4 Å². The Morgan fingerprint density at radius 1 is 1.60 bits per heavy atom. The first-order chi connectivity index (χ1) is 7.00. The molecule has 0 spiro atoms. The second-order valence-electron chi connectivity index (χ2n) is 2.62. The van der Waals surface area contributed by atoms with Crippen LogP contribution in [0.5, 0.6) is 5.75 Å². The lowest BCUT2D eigenvalue weighted by molar-refractivity contribution is -0.385. The van der Waals surface area contributed by atoms with Crippen LogP contribution in [0.2, 0.25) is 0 Å². The highest BCUT2D eigenvalue weighted by atomic mass is 79.9. The van der Waals surface area contributed by atoms with Crippen molar-refractivity contribution < 1.29 is 14.5 Å². The van der Waals surface area contributed by atoms with Gasteiger partial charge in [-0.15, -0.1) is 0 Å². The fourth-order valence-corrected chi connectivity index (χ4v) is 1.25. The van der Waals surface area contributed by atoms with Gasteiger partial charge in [0.15, 0.2) is 12.4 Å². The molecule has 0 saturated heterocycles. The summed E-state index contributed by atoms with van der Waals surface area (Å²) in [5.41, 5.74) is 4.64. The molecule has 2 N–H and O–H groups in total. The average molecular weight is 275 g/mol. The molecule has 15 heavy (non-hydrogen) atoms. The Bertz CT molecular complexity index is 408. The Labute approximate surface area is 93.3 Å². The van der Waals surface area contributed by atoms with Gasteiger partial charge in [-0.1, -0.05) is 15.9 Å². The summed E-state index contributed by atoms with van der Waals surface area (Å²) in [7, 11) is 0. The number of rotatable bonds is 4. The summed E-state index contributed by atoms with van der Waals surface area (Å²) in [4.78, 5) is 20.4. The van der Waals surface area contributed by atoms with E-state index < -0.39 is 10.8 Å². The van der Waals surface area contributed by atoms with E-state index in [4.69, 9.17) is 10.5 Å². The second-order valence-corrected chi connectivity index (χ2v) is 3.54. The van der Waals surface area contributed by atoms with E-state index in [0.717, 1.165) is 0 Å². The minimum atomic E-state index is -0.688. The second kappa shape index (κ2) is 4.74. The number of nitro groups is 1. The molecule has 0 aliphatic carbocycles. The van der Waals surface area contributed by atoms with Gasteiger partial charge in [0.2, 0.25) is 0 Å². The Balaban J connectivity index is 2.95. The lowest BCUT2D eigenvalue weighted by Crippen LogP contribution is -2.20. The number of amides is 1. The molecule has 0 aliphatic heterocycles. The fraction of sp³-hybridized carbons (Fsp3) is 0.125. The minimum Gasteiger partial charge on any atom is -0.477 e. The van der Waals surface area contributed by atoms with Crippen LogP contribution in [0.1, 0.15) is 0 Å². The molecule has 7 heteroatoms. The number of carbonyl (C=O) groups is 1. The van der Waals surface area contributed by atoms with Crippen molar-refractivity contribution in [3.8, 4) is 5.75 Å². The third-order valence-corrected chi connectivity index (χ3v) is 1.98. The van der Waals surface area contributed by atoms with E-state index in [9.17, 15) is 14.9 Å². The molecule has 1 aromatic carbocycles. The smallest absolute Gasteiger partial charge is 0.312 e. The molecule has 0 aromatic heterocycles. The SMILES string of the molecule is NC(=O)COc1ccc(Br)cc1[N+](=O)[O-]. The van der Waals surface area contributed by atoms with Crippen LogP contribution >= 0.6 is 15.9 Å². The molecule has 0 aliphatic rings. The van der Waals surface area contributed by atoms with Gasteiger partial charge < -0.3 is 10.5 Å². The molecule has 0 unspecified atom stereocenters. The van der Waals surface area contributed by atoms with E-state index in [0.29, 0.717) is 4.47 Å². The zero-order chi connectivity index (χ0) is 11.4. The van der Waals surface area contributed by atoms with Crippen LogP contribution in [0, 0.1) is 10.1 Å². The molecule has 0 bridgehead atoms. The Hall–Kier alpha value is -1.63. The first kappa shape index (κ1) is 11.4. The van der Waals surface area contributed by atoms with Crippen molar-refractivity contribution >= 4 is 27.5 Å². The summed E-state index contributed by atoms with van der Waals surface area (Å²) >= 11 is 3.09. The van der Waals surface area contributed by atoms with Gasteiger partial charge in [0, 0.05) is 10.5 Å². The molecule has 1 amide bonds. The molecular weight excluding hydrogens is 268 g/mol. The number of carbonyl (C=O) groups excluding carboxylic acids is 1. The van der Waals surface area contributed by atoms with Crippen LogP contribution in [0.3, 0.4) is 0 Å². The third-order valence-electron chi connectivity index (χ3n) is 1.49. The van der Waals surface area contributed by atoms with Gasteiger partial charge >= 0.3 is 5.69 Å². The van der Waals surface area contributed by atoms with Crippen LogP contribution in [0.25, 0.3) is 0 Å². The van der Waals surface area contributed by atoms with Crippen molar-refractivity contribution in [2.75, 3.05) is 6.61 Å². The fourth-order valence-electron chi connectivity index (χ4n) is 0.904. The lowest BCUT2D eigenvalue weighted by Gasteiger charge is -2.04. The van der Waals surface area contributed by atoms with Crippen molar-refractivity contribution in [3.05, 3.63) is 32.8 Å². The van der Waals surface area contributed by atoms with Crippen molar-refractivity contribution in [2.24, 2.45) is 5.73 Å². The van der Waals surface area contributed by atoms with Crippen LogP contribution in [0.4, 0.5) is 5.69 Å². The summed E-state index contributed by atoms with van der Waals surface area (Å²) in [6.07, 6.45) is 0. The van der Waals surface area contributed by atoms with Crippen LogP contribution < -0.4 is 10.5 Å². The number of primary amides is 1. The molecule has 1 rings (SSSR count). The van der Waals surface area contributed by atoms with Gasteiger partial charge in [-0.2, -0.15) is 0 Å². The number of nitro benzene ring substituents is 1. The van der Waals surface area contributed by atoms with Gasteiger partial charge in [0.25, 0.3) is 5.91 Å². The normalized spacial score (nSPS) is 9.67. The number of hydrogen-bond acceptors (Lipinski definition) is 4. The van der Waals surface area contributed by atoms with Crippen molar-refractivity contribution in [1.82, 2.24) is 0 Å². The van der Waals surface area contributed by atoms with Crippen LogP contribution in [-0.2, 0) is 4.79 Å². The molecule has 0 radical (unpaired) electrons. The average Bonchev–Trinajstić information content (AvgIpc) is 2.15. The predicted molar refractivity (Wildman–Crippen MR) is 55.5 cm³/mol. The zero-order valence-electron chi connectivity index (χ0n) is 7.47. The minimum absolute atomic E-state index is 0.0157. The highest BCUT2D eigenvalue weighted by molar-refractivity contribution is 9.10. The van der Waals surface area contributed by atoms with Crippen LogP contribution in [0.15, 0.2) is 22.7 Å². The van der Waals surface area contributed by atoms with Gasteiger partial charge in [0.05, 0.1) is 4.92 Å². The van der Waals surface area contributed by atoms with E-state index in [1.54, 1.807) is 6.07 Å². The zero-order valence-corrected chi connectivity index (χ0v) is 9.06. The number of nitrogens with two attached hydrogens (primary N) is 1. The van der Waals surface area contributed by atoms with Crippen molar-refractivity contribution in [3.63, 3.8) is 0 Å². The first-order valence-corrected chi connectivity index (χ1v) is 4.65. The number of halogens is 1. The molecule has 1 aromatic rings. The standard InChI is InChI=1S/C8H7BrN2O4/c9-5-1-2-7(15-4-8(10)12)6(3-5)11(13)14/h1-3H,4H2,(H2,10,12). The van der Waals surface area contributed by atoms with Crippen molar-refractivity contribution in [2.45, 2.75) is 0 Å². The summed E-state index contributed by atoms with van der Waals surface area (Å²) in [5, 5.41) is 10.6. The van der Waals surface area contributed by atoms with Gasteiger partial charge in [-0.25, -0.2) is 0 Å². The Morgan fingerprint density at radius 2 is 2.27 bits per heavy atom. The third kappa shape index (κ3) is 3.21. The quantitative estimate of drug-likeness (QED) is 0.660. The molecule has 0 heterocycles. The number of ether oxygens (including phenoxy) is 1. The Morgan fingerprint density at radius 3 is 2.80 bits per heavy atom. The molecule has 80 valence electrons. The van der Waals surface area contributed by atoms with E-state index in [2.05, 4.69) is 15.9 Å². The number of nitrogens with zero attached hydrogens (tertiary/aromatic N) is 1. The molecule has 0 atom stereocenters. The molecule has 6 nitrogen and oxygen atoms in total. The highest BCUT2D eigenvalue weighted by Gasteiger charge is 2.15. The highest BCUT2D eigenvalue weighted by Crippen LogP contribution is 2.29. The summed E-state index contributed by atoms with van der Waals surface area (Å²) in [6.45, 7) is -0.386. The Kier molecular flexibility index (Phi) is 3.62. The molecule has 0 fully saturated rings. The number of benzene rings is 1. The maximum absolute atomic E-state index is 10.6. The lowest BCUT2D eigenvalue weighted by atomic mass is 10.3. The maximum atomic E-state index is 10.6. The predicted octanol–water partition coefficient (Wildman–Crippen LogP) is 1.22. The molecular formula is C8H7BrN2O4. The van der Waals surface area contributed by atoms with Gasteiger partial charge in [0.1, 0.15) is 0 Å². The van der Waals surface area contributed by atoms with E-state index in [1.165, 1.54) is 12.1 Å². The van der Waals surface area contributed by atoms with Gasteiger partial charge in [-0.3, -0.25) is 14.9 Å². The van der Waals surface area contributed by atoms with E-state index in [1.807, 2.05) is 0 Å². The van der Waals surface area contributed by atoms with E-state index >= 15 is 0 Å². The molecule has 0 saturated carbocycles. The van der Waals surface area contributed by atoms with E-state index in [-0.39, 0.29) is 18.0 Å². The maximum Gasteiger partial charge on any atom is 0.312 e. The van der Waals surface area contributed by atoms with Crippen molar-refractivity contribution in [1.29, 1.82) is 0 Å². The monoisotopic (exact) mass is 274 g/mol. The first-order valence-electron chi connectivity index (χ1n) is 3.85. The summed E-state index contributed by atoms with van der Waals surface area (Å²) < 4.78 is 5.43. The topological polar surface area (TPSA) is 95.5 Å². The number of hydrogen-bond donors (Lipinski definition) is 1. The summed E-state index contributed by atoms with van der Waals surface area (Å²) in [5.74, 6) is -0.672. The summed E-state index contributed by atoms with van der Waals surface area (Å²) in [6, 6.07) is 4.25. The van der Waals surface area contributed by atoms with Gasteiger partial charge in [-0.05, 0) is 12.1 Å².